The second kappa shape index (κ2) is 4.58. The maximum atomic E-state index is 12.3. The van der Waals surface area contributed by atoms with Crippen LogP contribution in [0.2, 0.25) is 0 Å². The van der Waals surface area contributed by atoms with Crippen LogP contribution in [0.5, 0.6) is 0 Å². The molecule has 1 heterocycles. The predicted molar refractivity (Wildman–Crippen MR) is 78.3 cm³/mol. The fourth-order valence-electron chi connectivity index (χ4n) is 2.51. The van der Waals surface area contributed by atoms with Gasteiger partial charge in [0, 0.05) is 12.2 Å². The molecule has 100 valence electrons. The Kier molecular flexibility index (Phi) is 3.03. The van der Waals surface area contributed by atoms with Crippen molar-refractivity contribution in [1.82, 2.24) is 4.98 Å². The summed E-state index contributed by atoms with van der Waals surface area (Å²) < 4.78 is 1.10. The fraction of sp³-hybridized carbons (Fsp3) is 0.429. The van der Waals surface area contributed by atoms with E-state index in [1.807, 2.05) is 25.1 Å². The number of aryl methyl sites for hydroxylation is 1. The van der Waals surface area contributed by atoms with Gasteiger partial charge in [-0.05, 0) is 38.0 Å². The molecule has 1 aliphatic carbocycles. The summed E-state index contributed by atoms with van der Waals surface area (Å²) in [7, 11) is 0. The summed E-state index contributed by atoms with van der Waals surface area (Å²) in [6.07, 6.45) is 2.90. The van der Waals surface area contributed by atoms with Crippen molar-refractivity contribution in [1.29, 1.82) is 0 Å². The van der Waals surface area contributed by atoms with Gasteiger partial charge in [0.25, 0.3) is 0 Å². The molecule has 0 bridgehead atoms. The first-order chi connectivity index (χ1) is 9.13. The molecular weight excluding hydrogens is 258 g/mol. The summed E-state index contributed by atoms with van der Waals surface area (Å²) in [6, 6.07) is 5.84. The van der Waals surface area contributed by atoms with Gasteiger partial charge in [0.15, 0.2) is 0 Å². The van der Waals surface area contributed by atoms with Crippen molar-refractivity contribution >= 4 is 33.1 Å². The molecule has 0 atom stereocenters. The first-order valence-electron chi connectivity index (χ1n) is 6.52. The normalized spacial score (nSPS) is 17.2. The predicted octanol–water partition coefficient (Wildman–Crippen LogP) is 2.67. The third-order valence-electron chi connectivity index (χ3n) is 3.94. The largest absolute Gasteiger partial charge is 0.329 e. The molecule has 1 amide bonds. The first kappa shape index (κ1) is 12.6. The van der Waals surface area contributed by atoms with E-state index < -0.39 is 0 Å². The van der Waals surface area contributed by atoms with Crippen LogP contribution in [0.15, 0.2) is 18.2 Å². The van der Waals surface area contributed by atoms with Crippen LogP contribution >= 0.6 is 11.3 Å². The highest BCUT2D eigenvalue weighted by molar-refractivity contribution is 7.18. The van der Waals surface area contributed by atoms with Crippen molar-refractivity contribution < 1.29 is 4.79 Å². The van der Waals surface area contributed by atoms with E-state index in [1.165, 1.54) is 0 Å². The van der Waals surface area contributed by atoms with E-state index in [0.29, 0.717) is 6.54 Å². The van der Waals surface area contributed by atoms with Gasteiger partial charge in [-0.25, -0.2) is 4.98 Å². The molecule has 1 fully saturated rings. The number of nitrogens with zero attached hydrogens (tertiary/aromatic N) is 1. The molecule has 0 unspecified atom stereocenters. The second-order valence-corrected chi connectivity index (χ2v) is 6.44. The van der Waals surface area contributed by atoms with Crippen LogP contribution in [-0.2, 0) is 4.79 Å². The number of thiazole rings is 1. The van der Waals surface area contributed by atoms with Gasteiger partial charge in [0.1, 0.15) is 0 Å². The van der Waals surface area contributed by atoms with Crippen molar-refractivity contribution in [2.75, 3.05) is 11.9 Å². The number of fused-ring (bicyclic) bond motifs is 1. The van der Waals surface area contributed by atoms with Gasteiger partial charge in [0.2, 0.25) is 5.91 Å². The standard InChI is InChI=1S/C14H17N3OS/c1-9-16-11-4-3-10(7-12(11)19-9)17-13(18)14(8-15)5-2-6-14/h3-4,7H,2,5-6,8,15H2,1H3,(H,17,18). The number of benzene rings is 1. The Morgan fingerprint density at radius 3 is 2.95 bits per heavy atom. The molecule has 5 heteroatoms. The van der Waals surface area contributed by atoms with E-state index in [0.717, 1.165) is 40.2 Å². The third-order valence-corrected chi connectivity index (χ3v) is 4.87. The smallest absolute Gasteiger partial charge is 0.231 e. The number of rotatable bonds is 3. The summed E-state index contributed by atoms with van der Waals surface area (Å²) in [5.41, 5.74) is 7.23. The molecule has 0 saturated heterocycles. The average Bonchev–Trinajstić information content (AvgIpc) is 2.67. The van der Waals surface area contributed by atoms with Crippen molar-refractivity contribution in [3.63, 3.8) is 0 Å². The topological polar surface area (TPSA) is 68.0 Å². The zero-order valence-corrected chi connectivity index (χ0v) is 11.7. The van der Waals surface area contributed by atoms with E-state index in [9.17, 15) is 4.79 Å². The first-order valence-corrected chi connectivity index (χ1v) is 7.33. The Balaban J connectivity index is 1.82. The Labute approximate surface area is 116 Å². The number of carbonyl (C=O) groups is 1. The maximum Gasteiger partial charge on any atom is 0.231 e. The van der Waals surface area contributed by atoms with Crippen LogP contribution in [0.4, 0.5) is 5.69 Å². The fourth-order valence-corrected chi connectivity index (χ4v) is 3.38. The van der Waals surface area contributed by atoms with Gasteiger partial charge < -0.3 is 11.1 Å². The minimum Gasteiger partial charge on any atom is -0.329 e. The van der Waals surface area contributed by atoms with E-state index in [-0.39, 0.29) is 11.3 Å². The lowest BCUT2D eigenvalue weighted by molar-refractivity contribution is -0.129. The number of nitrogens with one attached hydrogen (secondary N) is 1. The number of hydrogen-bond donors (Lipinski definition) is 2. The Morgan fingerprint density at radius 1 is 1.53 bits per heavy atom. The van der Waals surface area contributed by atoms with Crippen molar-refractivity contribution in [2.45, 2.75) is 26.2 Å². The average molecular weight is 275 g/mol. The highest BCUT2D eigenvalue weighted by Crippen LogP contribution is 2.41. The van der Waals surface area contributed by atoms with E-state index in [1.54, 1.807) is 11.3 Å². The van der Waals surface area contributed by atoms with Crippen LogP contribution in [0.3, 0.4) is 0 Å². The molecular formula is C14H17N3OS. The van der Waals surface area contributed by atoms with E-state index in [2.05, 4.69) is 10.3 Å². The van der Waals surface area contributed by atoms with E-state index in [4.69, 9.17) is 5.73 Å². The number of aromatic nitrogens is 1. The van der Waals surface area contributed by atoms with Gasteiger partial charge in [-0.3, -0.25) is 4.79 Å². The Hall–Kier alpha value is -1.46. The van der Waals surface area contributed by atoms with Gasteiger partial charge in [-0.1, -0.05) is 6.42 Å². The zero-order valence-electron chi connectivity index (χ0n) is 10.9. The summed E-state index contributed by atoms with van der Waals surface area (Å²) in [5.74, 6) is 0.0573. The zero-order chi connectivity index (χ0) is 13.5. The number of hydrogen-bond acceptors (Lipinski definition) is 4. The summed E-state index contributed by atoms with van der Waals surface area (Å²) in [4.78, 5) is 16.7. The maximum absolute atomic E-state index is 12.3. The van der Waals surface area contributed by atoms with Crippen molar-refractivity contribution in [3.8, 4) is 0 Å². The molecule has 1 aromatic heterocycles. The number of nitrogens with two attached hydrogens (primary N) is 1. The number of carbonyl (C=O) groups excluding carboxylic acids is 1. The monoisotopic (exact) mass is 275 g/mol. The van der Waals surface area contributed by atoms with Crippen molar-refractivity contribution in [2.24, 2.45) is 11.1 Å². The van der Waals surface area contributed by atoms with E-state index >= 15 is 0 Å². The molecule has 1 aromatic carbocycles. The summed E-state index contributed by atoms with van der Waals surface area (Å²) in [5, 5.41) is 4.03. The molecule has 4 nitrogen and oxygen atoms in total. The number of amides is 1. The summed E-state index contributed by atoms with van der Waals surface area (Å²) in [6.45, 7) is 2.42. The molecule has 2 aromatic rings. The van der Waals surface area contributed by atoms with Gasteiger partial charge >= 0.3 is 0 Å². The molecule has 19 heavy (non-hydrogen) atoms. The minimum atomic E-state index is -0.335. The highest BCUT2D eigenvalue weighted by atomic mass is 32.1. The molecule has 1 saturated carbocycles. The van der Waals surface area contributed by atoms with Crippen LogP contribution in [-0.4, -0.2) is 17.4 Å². The number of anilines is 1. The Morgan fingerprint density at radius 2 is 2.32 bits per heavy atom. The quantitative estimate of drug-likeness (QED) is 0.905. The van der Waals surface area contributed by atoms with Gasteiger partial charge in [-0.15, -0.1) is 11.3 Å². The lowest BCUT2D eigenvalue weighted by atomic mass is 9.68. The van der Waals surface area contributed by atoms with Gasteiger partial charge in [0.05, 0.1) is 20.6 Å². The molecule has 0 radical (unpaired) electrons. The van der Waals surface area contributed by atoms with Crippen LogP contribution in [0.1, 0.15) is 24.3 Å². The minimum absolute atomic E-state index is 0.0573. The summed E-state index contributed by atoms with van der Waals surface area (Å²) >= 11 is 1.64. The lowest BCUT2D eigenvalue weighted by Gasteiger charge is -2.39. The van der Waals surface area contributed by atoms with Gasteiger partial charge in [-0.2, -0.15) is 0 Å². The highest BCUT2D eigenvalue weighted by Gasteiger charge is 2.42. The van der Waals surface area contributed by atoms with Crippen LogP contribution in [0.25, 0.3) is 10.2 Å². The van der Waals surface area contributed by atoms with Crippen LogP contribution in [0, 0.1) is 12.3 Å². The molecule has 3 N–H and O–H groups in total. The van der Waals surface area contributed by atoms with Crippen LogP contribution < -0.4 is 11.1 Å². The molecule has 0 spiro atoms. The second-order valence-electron chi connectivity index (χ2n) is 5.21. The molecule has 3 rings (SSSR count). The molecule has 1 aliphatic rings. The van der Waals surface area contributed by atoms with Crippen molar-refractivity contribution in [3.05, 3.63) is 23.2 Å². The Bertz CT molecular complexity index is 625. The SMILES string of the molecule is Cc1nc2ccc(NC(=O)C3(CN)CCC3)cc2s1. The molecule has 0 aliphatic heterocycles. The third kappa shape index (κ3) is 2.13. The lowest BCUT2D eigenvalue weighted by Crippen LogP contribution is -2.47.